The maximum Gasteiger partial charge on any atom is 0.416 e. The van der Waals surface area contributed by atoms with Crippen molar-refractivity contribution in [2.75, 3.05) is 6.61 Å². The van der Waals surface area contributed by atoms with Crippen LogP contribution in [0.3, 0.4) is 0 Å². The molecule has 0 atom stereocenters. The third-order valence-electron chi connectivity index (χ3n) is 4.69. The lowest BCUT2D eigenvalue weighted by atomic mass is 10.1. The Morgan fingerprint density at radius 2 is 1.80 bits per heavy atom. The van der Waals surface area contributed by atoms with E-state index in [-0.39, 0.29) is 29.4 Å². The number of aromatic hydroxyl groups is 1. The van der Waals surface area contributed by atoms with Gasteiger partial charge < -0.3 is 9.84 Å². The number of phenolic OH excluding ortho intramolecular Hbond substituents is 1. The molecule has 2 aromatic carbocycles. The minimum atomic E-state index is -4.52. The van der Waals surface area contributed by atoms with Crippen LogP contribution >= 0.6 is 11.6 Å². The molecule has 0 aliphatic rings. The van der Waals surface area contributed by atoms with Gasteiger partial charge in [0.2, 0.25) is 0 Å². The summed E-state index contributed by atoms with van der Waals surface area (Å²) in [4.78, 5) is 25.2. The van der Waals surface area contributed by atoms with Gasteiger partial charge in [0.25, 0.3) is 5.91 Å². The summed E-state index contributed by atoms with van der Waals surface area (Å²) < 4.78 is 44.7. The highest BCUT2D eigenvalue weighted by molar-refractivity contribution is 6.33. The summed E-state index contributed by atoms with van der Waals surface area (Å²) in [5.74, 6) is -1.34. The lowest BCUT2D eigenvalue weighted by molar-refractivity contribution is -0.142. The van der Waals surface area contributed by atoms with E-state index in [4.69, 9.17) is 16.3 Å². The number of aromatic nitrogens is 1. The molecule has 158 valence electrons. The molecule has 1 aromatic heterocycles. The number of ether oxygens (including phenoxy) is 1. The maximum atomic E-state index is 13.1. The van der Waals surface area contributed by atoms with Crippen molar-refractivity contribution < 1.29 is 32.6 Å². The molecule has 5 nitrogen and oxygen atoms in total. The molecular formula is C21H17ClF3NO4. The first-order chi connectivity index (χ1) is 14.0. The van der Waals surface area contributed by atoms with Gasteiger partial charge in [-0.15, -0.1) is 0 Å². The zero-order valence-electron chi connectivity index (χ0n) is 16.0. The predicted molar refractivity (Wildman–Crippen MR) is 105 cm³/mol. The normalized spacial score (nSPS) is 11.7. The second kappa shape index (κ2) is 8.02. The molecule has 0 aliphatic carbocycles. The van der Waals surface area contributed by atoms with Gasteiger partial charge in [-0.3, -0.25) is 14.2 Å². The molecule has 0 radical (unpaired) electrons. The number of fused-ring (bicyclic) bond motifs is 1. The van der Waals surface area contributed by atoms with Gasteiger partial charge >= 0.3 is 12.1 Å². The van der Waals surface area contributed by atoms with Gasteiger partial charge in [0.1, 0.15) is 5.75 Å². The van der Waals surface area contributed by atoms with Gasteiger partial charge in [-0.05, 0) is 55.8 Å². The van der Waals surface area contributed by atoms with E-state index in [9.17, 15) is 27.9 Å². The van der Waals surface area contributed by atoms with Crippen LogP contribution in [-0.2, 0) is 22.1 Å². The minimum absolute atomic E-state index is 0.0100. The topological polar surface area (TPSA) is 68.5 Å². The summed E-state index contributed by atoms with van der Waals surface area (Å²) in [6.45, 7) is 3.44. The number of halogens is 4. The molecule has 0 aliphatic heterocycles. The van der Waals surface area contributed by atoms with Crippen molar-refractivity contribution in [1.82, 2.24) is 4.57 Å². The van der Waals surface area contributed by atoms with Gasteiger partial charge in [0, 0.05) is 16.6 Å². The lowest BCUT2D eigenvalue weighted by Gasteiger charge is -2.10. The van der Waals surface area contributed by atoms with Crippen LogP contribution in [0, 0.1) is 6.92 Å². The fraction of sp³-hybridized carbons (Fsp3) is 0.238. The molecule has 30 heavy (non-hydrogen) atoms. The van der Waals surface area contributed by atoms with Crippen molar-refractivity contribution in [3.63, 3.8) is 0 Å². The van der Waals surface area contributed by atoms with E-state index in [1.807, 2.05) is 0 Å². The number of nitrogens with zero attached hydrogens (tertiary/aromatic N) is 1. The van der Waals surface area contributed by atoms with Crippen molar-refractivity contribution in [3.8, 4) is 5.75 Å². The highest BCUT2D eigenvalue weighted by Crippen LogP contribution is 2.35. The van der Waals surface area contributed by atoms with E-state index in [1.165, 1.54) is 16.7 Å². The Balaban J connectivity index is 2.15. The maximum absolute atomic E-state index is 13.1. The molecule has 9 heteroatoms. The first-order valence-electron chi connectivity index (χ1n) is 8.94. The molecule has 3 rings (SSSR count). The number of carbonyl (C=O) groups is 2. The average Bonchev–Trinajstić information content (AvgIpc) is 2.92. The summed E-state index contributed by atoms with van der Waals surface area (Å²) in [5, 5.41) is 10.4. The number of alkyl halides is 3. The zero-order valence-corrected chi connectivity index (χ0v) is 16.8. The largest absolute Gasteiger partial charge is 0.506 e. The van der Waals surface area contributed by atoms with E-state index >= 15 is 0 Å². The summed E-state index contributed by atoms with van der Waals surface area (Å²) in [7, 11) is 0. The molecule has 0 amide bonds. The molecule has 1 heterocycles. The highest BCUT2D eigenvalue weighted by atomic mass is 35.5. The SMILES string of the molecule is CCOC(=O)Cc1c(C)n(C(=O)c2ccc(C(F)(F)F)cc2)c2cc(Cl)c(O)cc12. The van der Waals surface area contributed by atoms with E-state index in [1.54, 1.807) is 13.8 Å². The van der Waals surface area contributed by atoms with Crippen molar-refractivity contribution in [2.45, 2.75) is 26.4 Å². The van der Waals surface area contributed by atoms with Crippen LogP contribution in [0.25, 0.3) is 10.9 Å². The van der Waals surface area contributed by atoms with Crippen LogP contribution in [0.1, 0.15) is 34.1 Å². The molecule has 0 fully saturated rings. The smallest absolute Gasteiger partial charge is 0.416 e. The van der Waals surface area contributed by atoms with Crippen LogP contribution in [0.5, 0.6) is 5.75 Å². The predicted octanol–water partition coefficient (Wildman–Crippen LogP) is 5.12. The average molecular weight is 440 g/mol. The van der Waals surface area contributed by atoms with Crippen LogP contribution in [0.2, 0.25) is 5.02 Å². The van der Waals surface area contributed by atoms with Crippen molar-refractivity contribution in [1.29, 1.82) is 0 Å². The Morgan fingerprint density at radius 3 is 2.37 bits per heavy atom. The van der Waals surface area contributed by atoms with Crippen molar-refractivity contribution >= 4 is 34.4 Å². The van der Waals surface area contributed by atoms with Gasteiger partial charge in [0.15, 0.2) is 0 Å². The Hall–Kier alpha value is -3.00. The van der Waals surface area contributed by atoms with Crippen molar-refractivity contribution in [3.05, 3.63) is 63.8 Å². The first-order valence-corrected chi connectivity index (χ1v) is 9.32. The Morgan fingerprint density at radius 1 is 1.17 bits per heavy atom. The van der Waals surface area contributed by atoms with Crippen molar-refractivity contribution in [2.24, 2.45) is 0 Å². The summed E-state index contributed by atoms with van der Waals surface area (Å²) in [6, 6.07) is 6.54. The van der Waals surface area contributed by atoms with E-state index in [2.05, 4.69) is 0 Å². The third kappa shape index (κ3) is 4.00. The van der Waals surface area contributed by atoms with Gasteiger partial charge in [-0.25, -0.2) is 0 Å². The monoisotopic (exact) mass is 439 g/mol. The zero-order chi connectivity index (χ0) is 22.2. The lowest BCUT2D eigenvalue weighted by Crippen LogP contribution is -2.15. The van der Waals surface area contributed by atoms with E-state index < -0.39 is 23.6 Å². The second-order valence-electron chi connectivity index (χ2n) is 6.58. The Kier molecular flexibility index (Phi) is 5.81. The highest BCUT2D eigenvalue weighted by Gasteiger charge is 2.30. The van der Waals surface area contributed by atoms with E-state index in [0.717, 1.165) is 24.3 Å². The summed E-state index contributed by atoms with van der Waals surface area (Å²) in [5.41, 5.74) is 0.318. The van der Waals surface area contributed by atoms with Crippen LogP contribution in [0.4, 0.5) is 13.2 Å². The Labute approximate surface area is 174 Å². The first kappa shape index (κ1) is 21.7. The number of benzene rings is 2. The van der Waals surface area contributed by atoms with Crippen LogP contribution in [0.15, 0.2) is 36.4 Å². The number of carbonyl (C=O) groups excluding carboxylic acids is 2. The fourth-order valence-electron chi connectivity index (χ4n) is 3.26. The van der Waals surface area contributed by atoms with Crippen LogP contribution in [-0.4, -0.2) is 28.2 Å². The molecular weight excluding hydrogens is 423 g/mol. The molecule has 0 saturated carbocycles. The number of hydrogen-bond acceptors (Lipinski definition) is 4. The molecule has 0 spiro atoms. The molecule has 0 unspecified atom stereocenters. The van der Waals surface area contributed by atoms with Gasteiger partial charge in [-0.2, -0.15) is 13.2 Å². The number of rotatable bonds is 4. The fourth-order valence-corrected chi connectivity index (χ4v) is 3.42. The van der Waals surface area contributed by atoms with E-state index in [0.29, 0.717) is 22.2 Å². The van der Waals surface area contributed by atoms with Crippen LogP contribution < -0.4 is 0 Å². The molecule has 1 N–H and O–H groups in total. The molecule has 0 bridgehead atoms. The number of phenols is 1. The minimum Gasteiger partial charge on any atom is -0.506 e. The summed E-state index contributed by atoms with van der Waals surface area (Å²) in [6.07, 6.45) is -4.67. The number of esters is 1. The molecule has 0 saturated heterocycles. The molecule has 3 aromatic rings. The van der Waals surface area contributed by atoms with Gasteiger partial charge in [-0.1, -0.05) is 11.6 Å². The standard InChI is InChI=1S/C21H17ClF3NO4/c1-3-30-19(28)9-14-11(2)26(17-10-16(22)18(27)8-15(14)17)20(29)12-4-6-13(7-5-12)21(23,24)25/h4-8,10,27H,3,9H2,1-2H3. The Bertz CT molecular complexity index is 1130. The summed E-state index contributed by atoms with van der Waals surface area (Å²) >= 11 is 6.01. The second-order valence-corrected chi connectivity index (χ2v) is 6.99. The third-order valence-corrected chi connectivity index (χ3v) is 4.99. The number of hydrogen-bond donors (Lipinski definition) is 1. The van der Waals surface area contributed by atoms with Gasteiger partial charge in [0.05, 0.1) is 29.1 Å². The quantitative estimate of drug-likeness (QED) is 0.573.